The third-order valence-electron chi connectivity index (χ3n) is 6.15. The molecule has 0 aromatic heterocycles. The van der Waals surface area contributed by atoms with Gasteiger partial charge >= 0.3 is 0 Å². The van der Waals surface area contributed by atoms with Crippen molar-refractivity contribution in [3.63, 3.8) is 0 Å². The van der Waals surface area contributed by atoms with E-state index in [0.717, 1.165) is 0 Å². The van der Waals surface area contributed by atoms with Crippen LogP contribution in [0.4, 0.5) is 23.2 Å². The van der Waals surface area contributed by atoms with Crippen LogP contribution in [0, 0.1) is 23.3 Å². The molecule has 2 amide bonds. The van der Waals surface area contributed by atoms with Gasteiger partial charge in [0.1, 0.15) is 29.0 Å². The monoisotopic (exact) mass is 486 g/mol. The van der Waals surface area contributed by atoms with Crippen molar-refractivity contribution in [2.75, 3.05) is 12.0 Å². The SMILES string of the molecule is COc1cccc(F)c1CN1C(=O)C(C)(C)c2ccc(C(=O)NCc3c(F)cc(F)cc3F)cc21. The second-order valence-electron chi connectivity index (χ2n) is 8.70. The molecule has 3 aromatic rings. The third-order valence-corrected chi connectivity index (χ3v) is 6.15. The van der Waals surface area contributed by atoms with E-state index < -0.39 is 46.7 Å². The van der Waals surface area contributed by atoms with Gasteiger partial charge in [-0.1, -0.05) is 12.1 Å². The van der Waals surface area contributed by atoms with Crippen LogP contribution in [0.25, 0.3) is 0 Å². The number of benzene rings is 3. The highest BCUT2D eigenvalue weighted by molar-refractivity contribution is 6.09. The van der Waals surface area contributed by atoms with Crippen LogP contribution in [-0.2, 0) is 23.3 Å². The number of anilines is 1. The first-order chi connectivity index (χ1) is 16.5. The Bertz CT molecular complexity index is 1320. The summed E-state index contributed by atoms with van der Waals surface area (Å²) in [5.74, 6) is -4.50. The molecule has 35 heavy (non-hydrogen) atoms. The number of amides is 2. The van der Waals surface area contributed by atoms with E-state index in [1.54, 1.807) is 26.0 Å². The number of rotatable bonds is 6. The van der Waals surface area contributed by atoms with E-state index in [2.05, 4.69) is 5.32 Å². The second-order valence-corrected chi connectivity index (χ2v) is 8.70. The van der Waals surface area contributed by atoms with Crippen molar-refractivity contribution in [2.24, 2.45) is 0 Å². The van der Waals surface area contributed by atoms with Gasteiger partial charge in [-0.15, -0.1) is 0 Å². The van der Waals surface area contributed by atoms with Gasteiger partial charge in [0.05, 0.1) is 19.1 Å². The average molecular weight is 486 g/mol. The number of methoxy groups -OCH3 is 1. The van der Waals surface area contributed by atoms with Crippen LogP contribution < -0.4 is 15.0 Å². The molecule has 0 saturated heterocycles. The molecule has 0 radical (unpaired) electrons. The zero-order valence-electron chi connectivity index (χ0n) is 19.2. The molecule has 9 heteroatoms. The molecule has 3 aromatic carbocycles. The van der Waals surface area contributed by atoms with Gasteiger partial charge in [-0.3, -0.25) is 9.59 Å². The maximum atomic E-state index is 14.6. The smallest absolute Gasteiger partial charge is 0.251 e. The summed E-state index contributed by atoms with van der Waals surface area (Å²) in [7, 11) is 1.40. The summed E-state index contributed by atoms with van der Waals surface area (Å²) in [6, 6.07) is 10.0. The number of halogens is 4. The largest absolute Gasteiger partial charge is 0.496 e. The predicted octanol–water partition coefficient (Wildman–Crippen LogP) is 5.01. The molecule has 0 saturated carbocycles. The normalized spacial score (nSPS) is 14.1. The average Bonchev–Trinajstić information content (AvgIpc) is 2.99. The lowest BCUT2D eigenvalue weighted by Gasteiger charge is -2.22. The van der Waals surface area contributed by atoms with Crippen molar-refractivity contribution in [3.8, 4) is 5.75 Å². The lowest BCUT2D eigenvalue weighted by molar-refractivity contribution is -0.122. The minimum Gasteiger partial charge on any atom is -0.496 e. The van der Waals surface area contributed by atoms with E-state index in [-0.39, 0.29) is 29.3 Å². The molecule has 0 atom stereocenters. The Labute approximate surface area is 199 Å². The number of nitrogens with one attached hydrogen (secondary N) is 1. The van der Waals surface area contributed by atoms with Gasteiger partial charge in [0, 0.05) is 41.1 Å². The Morgan fingerprint density at radius 1 is 0.971 bits per heavy atom. The van der Waals surface area contributed by atoms with Crippen LogP contribution in [0.15, 0.2) is 48.5 Å². The van der Waals surface area contributed by atoms with Crippen LogP contribution in [0.1, 0.15) is 40.9 Å². The lowest BCUT2D eigenvalue weighted by Crippen LogP contribution is -2.36. The molecule has 1 N–H and O–H groups in total. The van der Waals surface area contributed by atoms with Gasteiger partial charge < -0.3 is 15.0 Å². The highest BCUT2D eigenvalue weighted by Gasteiger charge is 2.44. The standard InChI is InChI=1S/C26H22F4N2O3/c1-26(2)18-8-7-14(24(33)31-12-16-20(29)10-15(27)11-21(16)30)9-22(18)32(25(26)34)13-17-19(28)5-4-6-23(17)35-3/h4-11H,12-13H2,1-3H3,(H,31,33). The fourth-order valence-electron chi connectivity index (χ4n) is 4.20. The molecule has 0 unspecified atom stereocenters. The number of fused-ring (bicyclic) bond motifs is 1. The molecule has 1 heterocycles. The highest BCUT2D eigenvalue weighted by atomic mass is 19.1. The van der Waals surface area contributed by atoms with Gasteiger partial charge in [-0.2, -0.15) is 0 Å². The van der Waals surface area contributed by atoms with Gasteiger partial charge in [0.2, 0.25) is 5.91 Å². The molecule has 4 rings (SSSR count). The first kappa shape index (κ1) is 24.3. The zero-order valence-corrected chi connectivity index (χ0v) is 19.2. The van der Waals surface area contributed by atoms with Crippen LogP contribution in [-0.4, -0.2) is 18.9 Å². The summed E-state index contributed by atoms with van der Waals surface area (Å²) in [5.41, 5.74) is -0.0391. The summed E-state index contributed by atoms with van der Waals surface area (Å²) in [6.07, 6.45) is 0. The van der Waals surface area contributed by atoms with E-state index in [9.17, 15) is 27.2 Å². The number of hydrogen-bond donors (Lipinski definition) is 1. The van der Waals surface area contributed by atoms with Crippen molar-refractivity contribution in [1.29, 1.82) is 0 Å². The number of carbonyl (C=O) groups excluding carboxylic acids is 2. The predicted molar refractivity (Wildman–Crippen MR) is 121 cm³/mol. The van der Waals surface area contributed by atoms with Crippen LogP contribution in [0.3, 0.4) is 0 Å². The summed E-state index contributed by atoms with van der Waals surface area (Å²) in [4.78, 5) is 27.4. The molecule has 1 aliphatic rings. The minimum atomic E-state index is -1.12. The molecule has 0 spiro atoms. The third kappa shape index (κ3) is 4.34. The zero-order chi connectivity index (χ0) is 25.5. The van der Waals surface area contributed by atoms with Crippen LogP contribution in [0.5, 0.6) is 5.75 Å². The maximum Gasteiger partial charge on any atom is 0.251 e. The topological polar surface area (TPSA) is 58.6 Å². The molecule has 1 aliphatic heterocycles. The van der Waals surface area contributed by atoms with Gasteiger partial charge in [-0.25, -0.2) is 17.6 Å². The first-order valence-corrected chi connectivity index (χ1v) is 10.7. The van der Waals surface area contributed by atoms with Crippen molar-refractivity contribution in [2.45, 2.75) is 32.4 Å². The van der Waals surface area contributed by atoms with Crippen molar-refractivity contribution >= 4 is 17.5 Å². The van der Waals surface area contributed by atoms with E-state index >= 15 is 0 Å². The van der Waals surface area contributed by atoms with Crippen molar-refractivity contribution in [3.05, 3.63) is 94.1 Å². The van der Waals surface area contributed by atoms with Crippen molar-refractivity contribution in [1.82, 2.24) is 5.32 Å². The van der Waals surface area contributed by atoms with E-state index in [1.807, 2.05) is 0 Å². The highest BCUT2D eigenvalue weighted by Crippen LogP contribution is 2.43. The fraction of sp³-hybridized carbons (Fsp3) is 0.231. The fourth-order valence-corrected chi connectivity index (χ4v) is 4.20. The maximum absolute atomic E-state index is 14.6. The van der Waals surface area contributed by atoms with Crippen LogP contribution >= 0.6 is 0 Å². The number of carbonyl (C=O) groups is 2. The Balaban J connectivity index is 1.64. The van der Waals surface area contributed by atoms with Gasteiger partial charge in [0.25, 0.3) is 5.91 Å². The quantitative estimate of drug-likeness (QED) is 0.499. The molecular formula is C26H22F4N2O3. The van der Waals surface area contributed by atoms with Gasteiger partial charge in [-0.05, 0) is 43.7 Å². The Morgan fingerprint density at radius 2 is 1.66 bits per heavy atom. The summed E-state index contributed by atoms with van der Waals surface area (Å²) < 4.78 is 60.8. The Morgan fingerprint density at radius 3 is 2.31 bits per heavy atom. The Hall–Kier alpha value is -3.88. The van der Waals surface area contributed by atoms with E-state index in [0.29, 0.717) is 23.4 Å². The number of hydrogen-bond acceptors (Lipinski definition) is 3. The summed E-state index contributed by atoms with van der Waals surface area (Å²) in [6.45, 7) is 2.83. The minimum absolute atomic E-state index is 0.123. The summed E-state index contributed by atoms with van der Waals surface area (Å²) in [5, 5.41) is 2.41. The van der Waals surface area contributed by atoms with E-state index in [1.165, 1.54) is 36.3 Å². The lowest BCUT2D eigenvalue weighted by atomic mass is 9.86. The molecule has 0 bridgehead atoms. The molecular weight excluding hydrogens is 464 g/mol. The van der Waals surface area contributed by atoms with Gasteiger partial charge in [0.15, 0.2) is 0 Å². The number of nitrogens with zero attached hydrogens (tertiary/aromatic N) is 1. The molecule has 0 aliphatic carbocycles. The molecule has 182 valence electrons. The Kier molecular flexibility index (Phi) is 6.27. The van der Waals surface area contributed by atoms with Crippen molar-refractivity contribution < 1.29 is 31.9 Å². The molecule has 0 fully saturated rings. The summed E-state index contributed by atoms with van der Waals surface area (Å²) >= 11 is 0. The van der Waals surface area contributed by atoms with Crippen LogP contribution in [0.2, 0.25) is 0 Å². The van der Waals surface area contributed by atoms with E-state index in [4.69, 9.17) is 4.74 Å². The number of ether oxygens (including phenoxy) is 1. The molecule has 5 nitrogen and oxygen atoms in total. The second kappa shape index (κ2) is 9.05. The first-order valence-electron chi connectivity index (χ1n) is 10.7.